The number of nitrogens with zero attached hydrogens (tertiary/aromatic N) is 3. The van der Waals surface area contributed by atoms with Crippen molar-refractivity contribution in [1.29, 1.82) is 0 Å². The van der Waals surface area contributed by atoms with Crippen LogP contribution in [0.4, 0.5) is 5.69 Å². The van der Waals surface area contributed by atoms with Crippen LogP contribution in [0.15, 0.2) is 59.6 Å². The Balaban J connectivity index is 1.57. The third-order valence-electron chi connectivity index (χ3n) is 3.99. The number of ether oxygens (including phenoxy) is 1. The lowest BCUT2D eigenvalue weighted by atomic mass is 10.2. The minimum atomic E-state index is -0.615. The fraction of sp³-hybridized carbons (Fsp3) is 0.263. The molecular formula is C19H19N3O4S. The molecular weight excluding hydrogens is 366 g/mol. The second-order valence-corrected chi connectivity index (χ2v) is 6.88. The minimum Gasteiger partial charge on any atom is -0.481 e. The molecule has 7 nitrogen and oxygen atoms in total. The summed E-state index contributed by atoms with van der Waals surface area (Å²) in [7, 11) is 0. The molecule has 0 fully saturated rings. The molecule has 0 aliphatic carbocycles. The van der Waals surface area contributed by atoms with Crippen molar-refractivity contribution in [3.05, 3.63) is 70.3 Å². The van der Waals surface area contributed by atoms with Gasteiger partial charge in [0.05, 0.1) is 11.5 Å². The quantitative estimate of drug-likeness (QED) is 0.561. The molecule has 0 bridgehead atoms. The average Bonchev–Trinajstić information content (AvgIpc) is 3.15. The van der Waals surface area contributed by atoms with E-state index in [1.807, 2.05) is 30.3 Å². The van der Waals surface area contributed by atoms with E-state index in [1.165, 1.54) is 23.9 Å². The van der Waals surface area contributed by atoms with Gasteiger partial charge in [-0.15, -0.1) is 0 Å². The van der Waals surface area contributed by atoms with Gasteiger partial charge in [-0.25, -0.2) is 0 Å². The maximum Gasteiger partial charge on any atom is 0.269 e. The lowest BCUT2D eigenvalue weighted by molar-refractivity contribution is -0.384. The van der Waals surface area contributed by atoms with Crippen LogP contribution in [0.5, 0.6) is 5.75 Å². The number of nitro benzene ring substituents is 1. The summed E-state index contributed by atoms with van der Waals surface area (Å²) < 4.78 is 5.72. The van der Waals surface area contributed by atoms with Crippen LogP contribution in [0.3, 0.4) is 0 Å². The Hall–Kier alpha value is -2.87. The van der Waals surface area contributed by atoms with Crippen molar-refractivity contribution in [1.82, 2.24) is 4.90 Å². The third-order valence-corrected chi connectivity index (χ3v) is 5.07. The number of carbonyl (C=O) groups excluding carboxylic acids is 1. The number of thioether (sulfide) groups is 1. The number of nitro groups is 1. The third kappa shape index (κ3) is 4.85. The summed E-state index contributed by atoms with van der Waals surface area (Å²) in [6.45, 7) is 2.82. The number of hydrogen-bond acceptors (Lipinski definition) is 6. The lowest BCUT2D eigenvalue weighted by Gasteiger charge is -2.22. The molecule has 1 aliphatic heterocycles. The topological polar surface area (TPSA) is 85.0 Å². The number of carbonyl (C=O) groups is 1. The molecule has 0 N–H and O–H groups in total. The molecule has 1 atom stereocenters. The summed E-state index contributed by atoms with van der Waals surface area (Å²) in [5, 5.41) is 11.4. The highest BCUT2D eigenvalue weighted by Crippen LogP contribution is 2.22. The van der Waals surface area contributed by atoms with Crippen molar-refractivity contribution in [3.8, 4) is 5.75 Å². The number of rotatable bonds is 6. The van der Waals surface area contributed by atoms with Crippen LogP contribution in [0.25, 0.3) is 0 Å². The van der Waals surface area contributed by atoms with E-state index in [1.54, 1.807) is 24.0 Å². The molecule has 0 saturated carbocycles. The zero-order valence-electron chi connectivity index (χ0n) is 14.8. The average molecular weight is 385 g/mol. The molecule has 0 spiro atoms. The largest absolute Gasteiger partial charge is 0.481 e. The van der Waals surface area contributed by atoms with Gasteiger partial charge in [0.1, 0.15) is 5.75 Å². The predicted molar refractivity (Wildman–Crippen MR) is 105 cm³/mol. The van der Waals surface area contributed by atoms with E-state index in [9.17, 15) is 14.9 Å². The fourth-order valence-corrected chi connectivity index (χ4v) is 3.60. The summed E-state index contributed by atoms with van der Waals surface area (Å²) in [6.07, 6.45) is -0.615. The zero-order valence-corrected chi connectivity index (χ0v) is 15.6. The van der Waals surface area contributed by atoms with E-state index in [0.717, 1.165) is 5.56 Å². The first-order valence-corrected chi connectivity index (χ1v) is 9.47. The zero-order chi connectivity index (χ0) is 19.2. The SMILES string of the molecule is C[C@H](Oc1ccccc1)C(=O)N1CCN=C1SCc1ccc([N+](=O)[O-])cc1. The van der Waals surface area contributed by atoms with E-state index in [-0.39, 0.29) is 11.6 Å². The van der Waals surface area contributed by atoms with E-state index < -0.39 is 11.0 Å². The second kappa shape index (κ2) is 8.68. The van der Waals surface area contributed by atoms with Crippen LogP contribution in [-0.4, -0.2) is 40.1 Å². The molecule has 1 amide bonds. The first-order chi connectivity index (χ1) is 13.0. The molecule has 0 radical (unpaired) electrons. The first-order valence-electron chi connectivity index (χ1n) is 8.48. The Bertz CT molecular complexity index is 840. The van der Waals surface area contributed by atoms with Crippen molar-refractivity contribution in [2.75, 3.05) is 13.1 Å². The number of aliphatic imine (C=N–C) groups is 1. The molecule has 1 heterocycles. The lowest BCUT2D eigenvalue weighted by Crippen LogP contribution is -2.41. The monoisotopic (exact) mass is 385 g/mol. The van der Waals surface area contributed by atoms with Crippen molar-refractivity contribution >= 4 is 28.5 Å². The number of amidine groups is 1. The Labute approximate surface area is 161 Å². The number of benzene rings is 2. The second-order valence-electron chi connectivity index (χ2n) is 5.94. The molecule has 8 heteroatoms. The van der Waals surface area contributed by atoms with Gasteiger partial charge in [-0.2, -0.15) is 0 Å². The maximum absolute atomic E-state index is 12.7. The molecule has 140 valence electrons. The number of non-ortho nitro benzene ring substituents is 1. The molecule has 2 aromatic carbocycles. The summed E-state index contributed by atoms with van der Waals surface area (Å²) in [4.78, 5) is 29.1. The summed E-state index contributed by atoms with van der Waals surface area (Å²) >= 11 is 1.44. The Kier molecular flexibility index (Phi) is 6.08. The highest BCUT2D eigenvalue weighted by atomic mass is 32.2. The van der Waals surface area contributed by atoms with Gasteiger partial charge in [0, 0.05) is 24.4 Å². The van der Waals surface area contributed by atoms with Gasteiger partial charge in [0.25, 0.3) is 11.6 Å². The van der Waals surface area contributed by atoms with Crippen LogP contribution < -0.4 is 4.74 Å². The van der Waals surface area contributed by atoms with Crippen LogP contribution in [0.1, 0.15) is 12.5 Å². The van der Waals surface area contributed by atoms with E-state index in [0.29, 0.717) is 29.8 Å². The number of amides is 1. The van der Waals surface area contributed by atoms with Crippen molar-refractivity contribution in [3.63, 3.8) is 0 Å². The van der Waals surface area contributed by atoms with Gasteiger partial charge in [-0.3, -0.25) is 24.8 Å². The molecule has 0 unspecified atom stereocenters. The van der Waals surface area contributed by atoms with E-state index in [2.05, 4.69) is 4.99 Å². The van der Waals surface area contributed by atoms with Gasteiger partial charge in [-0.1, -0.05) is 42.1 Å². The number of para-hydroxylation sites is 1. The first kappa shape index (κ1) is 18.9. The minimum absolute atomic E-state index is 0.0608. The molecule has 27 heavy (non-hydrogen) atoms. The van der Waals surface area contributed by atoms with Crippen LogP contribution in [-0.2, 0) is 10.5 Å². The van der Waals surface area contributed by atoms with E-state index >= 15 is 0 Å². The highest BCUT2D eigenvalue weighted by molar-refractivity contribution is 8.13. The van der Waals surface area contributed by atoms with Crippen molar-refractivity contribution < 1.29 is 14.5 Å². The van der Waals surface area contributed by atoms with Crippen molar-refractivity contribution in [2.45, 2.75) is 18.8 Å². The maximum atomic E-state index is 12.7. The smallest absolute Gasteiger partial charge is 0.269 e. The normalized spacial score (nSPS) is 14.6. The molecule has 3 rings (SSSR count). The number of hydrogen-bond donors (Lipinski definition) is 0. The summed E-state index contributed by atoms with van der Waals surface area (Å²) in [5.74, 6) is 1.09. The highest BCUT2D eigenvalue weighted by Gasteiger charge is 2.29. The van der Waals surface area contributed by atoms with Gasteiger partial charge in [0.15, 0.2) is 11.3 Å². The fourth-order valence-electron chi connectivity index (χ4n) is 2.59. The predicted octanol–water partition coefficient (Wildman–Crippen LogP) is 3.49. The Morgan fingerprint density at radius 1 is 1.26 bits per heavy atom. The van der Waals surface area contributed by atoms with Gasteiger partial charge in [-0.05, 0) is 24.6 Å². The Morgan fingerprint density at radius 2 is 1.96 bits per heavy atom. The molecule has 0 saturated heterocycles. The van der Waals surface area contributed by atoms with Gasteiger partial charge < -0.3 is 4.74 Å². The van der Waals surface area contributed by atoms with E-state index in [4.69, 9.17) is 4.74 Å². The van der Waals surface area contributed by atoms with Crippen molar-refractivity contribution in [2.24, 2.45) is 4.99 Å². The molecule has 2 aromatic rings. The van der Waals surface area contributed by atoms with Crippen LogP contribution >= 0.6 is 11.8 Å². The van der Waals surface area contributed by atoms with Gasteiger partial charge in [0.2, 0.25) is 0 Å². The summed E-state index contributed by atoms with van der Waals surface area (Å²) in [5.41, 5.74) is 0.992. The van der Waals surface area contributed by atoms with Gasteiger partial charge >= 0.3 is 0 Å². The van der Waals surface area contributed by atoms with Crippen LogP contribution in [0, 0.1) is 10.1 Å². The molecule has 0 aromatic heterocycles. The summed E-state index contributed by atoms with van der Waals surface area (Å²) in [6, 6.07) is 15.6. The van der Waals surface area contributed by atoms with Crippen LogP contribution in [0.2, 0.25) is 0 Å². The standard InChI is InChI=1S/C19H19N3O4S/c1-14(26-17-5-3-2-4-6-17)18(23)21-12-11-20-19(21)27-13-15-7-9-16(10-8-15)22(24)25/h2-10,14H,11-13H2,1H3/t14-/m0/s1. The Morgan fingerprint density at radius 3 is 2.63 bits per heavy atom. The molecule has 1 aliphatic rings.